The first-order valence-corrected chi connectivity index (χ1v) is 7.84. The van der Waals surface area contributed by atoms with Crippen molar-refractivity contribution in [3.05, 3.63) is 58.0 Å². The van der Waals surface area contributed by atoms with Crippen molar-refractivity contribution in [3.63, 3.8) is 0 Å². The van der Waals surface area contributed by atoms with Crippen molar-refractivity contribution in [2.45, 2.75) is 18.5 Å². The minimum Gasteiger partial charge on any atom is -0.467 e. The highest BCUT2D eigenvalue weighted by atomic mass is 35.5. The van der Waals surface area contributed by atoms with Gasteiger partial charge in [-0.2, -0.15) is 4.98 Å². The van der Waals surface area contributed by atoms with Gasteiger partial charge in [0, 0.05) is 16.5 Å². The molecule has 1 aromatic carbocycles. The molecule has 0 amide bonds. The molecule has 4 rings (SSSR count). The molecular formula is C15H13Cl2N5O. The fourth-order valence-corrected chi connectivity index (χ4v) is 3.44. The van der Waals surface area contributed by atoms with Gasteiger partial charge in [0.15, 0.2) is 0 Å². The zero-order valence-corrected chi connectivity index (χ0v) is 13.4. The summed E-state index contributed by atoms with van der Waals surface area (Å²) >= 11 is 12.3. The average molecular weight is 350 g/mol. The van der Waals surface area contributed by atoms with Crippen LogP contribution in [0.4, 0.5) is 11.9 Å². The van der Waals surface area contributed by atoms with E-state index >= 15 is 0 Å². The first-order valence-electron chi connectivity index (χ1n) is 7.08. The Morgan fingerprint density at radius 2 is 2.17 bits per heavy atom. The number of hydrogen-bond donors (Lipinski definition) is 2. The first kappa shape index (κ1) is 14.4. The van der Waals surface area contributed by atoms with Crippen LogP contribution < -0.4 is 11.1 Å². The van der Waals surface area contributed by atoms with Gasteiger partial charge >= 0.3 is 0 Å². The summed E-state index contributed by atoms with van der Waals surface area (Å²) in [7, 11) is 0. The van der Waals surface area contributed by atoms with E-state index in [4.69, 9.17) is 33.4 Å². The van der Waals surface area contributed by atoms with Gasteiger partial charge in [-0.1, -0.05) is 29.3 Å². The van der Waals surface area contributed by atoms with E-state index in [0.717, 1.165) is 11.3 Å². The van der Waals surface area contributed by atoms with Gasteiger partial charge in [-0.05, 0) is 29.8 Å². The summed E-state index contributed by atoms with van der Waals surface area (Å²) in [6, 6.07) is 9.07. The normalized spacial score (nSPS) is 20.1. The number of anilines is 2. The lowest BCUT2D eigenvalue weighted by Crippen LogP contribution is -2.28. The molecular weight excluding hydrogens is 337 g/mol. The molecule has 0 radical (unpaired) electrons. The van der Waals surface area contributed by atoms with Crippen LogP contribution in [-0.2, 0) is 0 Å². The maximum absolute atomic E-state index is 6.35. The Labute approximate surface area is 142 Å². The number of fused-ring (bicyclic) bond motifs is 1. The zero-order chi connectivity index (χ0) is 16.0. The molecule has 3 heterocycles. The van der Waals surface area contributed by atoms with E-state index in [9.17, 15) is 0 Å². The highest BCUT2D eigenvalue weighted by Gasteiger charge is 2.33. The standard InChI is InChI=1S/C15H13Cl2N5O/c16-8-3-4-9(10(17)6-8)11-7-12(13-2-1-5-23-13)22-15(19-11)20-14(18)21-22/h1-6,11-12H,7H2,(H3,18,19,20,21)/t11-,12+/m0/s1. The molecule has 0 aliphatic carbocycles. The maximum Gasteiger partial charge on any atom is 0.241 e. The molecule has 0 unspecified atom stereocenters. The Morgan fingerprint density at radius 3 is 2.91 bits per heavy atom. The molecule has 8 heteroatoms. The monoisotopic (exact) mass is 349 g/mol. The van der Waals surface area contributed by atoms with Crippen molar-refractivity contribution in [2.24, 2.45) is 0 Å². The number of nitrogens with one attached hydrogen (secondary N) is 1. The lowest BCUT2D eigenvalue weighted by molar-refractivity contribution is 0.359. The van der Waals surface area contributed by atoms with Crippen molar-refractivity contribution >= 4 is 35.1 Å². The number of nitrogens with zero attached hydrogens (tertiary/aromatic N) is 3. The Bertz CT molecular complexity index is 846. The second-order valence-corrected chi connectivity index (χ2v) is 6.21. The van der Waals surface area contributed by atoms with E-state index in [1.807, 2.05) is 24.3 Å². The van der Waals surface area contributed by atoms with Gasteiger partial charge in [0.1, 0.15) is 11.8 Å². The first-order chi connectivity index (χ1) is 11.1. The molecule has 0 saturated heterocycles. The molecule has 0 spiro atoms. The van der Waals surface area contributed by atoms with Crippen LogP contribution in [0.2, 0.25) is 10.0 Å². The summed E-state index contributed by atoms with van der Waals surface area (Å²) < 4.78 is 7.31. The summed E-state index contributed by atoms with van der Waals surface area (Å²) in [5.41, 5.74) is 6.70. The third-order valence-electron chi connectivity index (χ3n) is 3.91. The predicted molar refractivity (Wildman–Crippen MR) is 88.7 cm³/mol. The molecule has 23 heavy (non-hydrogen) atoms. The van der Waals surface area contributed by atoms with Gasteiger partial charge in [0.05, 0.1) is 12.3 Å². The Kier molecular flexibility index (Phi) is 3.43. The number of nitrogens with two attached hydrogens (primary N) is 1. The molecule has 1 aliphatic rings. The Hall–Kier alpha value is -2.18. The minimum absolute atomic E-state index is 0.0500. The Morgan fingerprint density at radius 1 is 1.30 bits per heavy atom. The zero-order valence-electron chi connectivity index (χ0n) is 11.9. The number of nitrogen functional groups attached to an aromatic ring is 1. The summed E-state index contributed by atoms with van der Waals surface area (Å²) in [5.74, 6) is 1.60. The van der Waals surface area contributed by atoms with Crippen molar-refractivity contribution in [2.75, 3.05) is 11.1 Å². The summed E-state index contributed by atoms with van der Waals surface area (Å²) in [6.45, 7) is 0. The Balaban J connectivity index is 1.77. The van der Waals surface area contributed by atoms with Crippen molar-refractivity contribution in [3.8, 4) is 0 Å². The number of hydrogen-bond acceptors (Lipinski definition) is 5. The van der Waals surface area contributed by atoms with Crippen molar-refractivity contribution in [1.29, 1.82) is 0 Å². The van der Waals surface area contributed by atoms with Crippen LogP contribution in [0.3, 0.4) is 0 Å². The molecule has 0 bridgehead atoms. The van der Waals surface area contributed by atoms with Crippen LogP contribution in [0.5, 0.6) is 0 Å². The SMILES string of the molecule is Nc1nc2n(n1)[C@@H](c1ccco1)C[C@@H](c1ccc(Cl)cc1Cl)N2. The highest BCUT2D eigenvalue weighted by Crippen LogP contribution is 2.40. The number of aromatic nitrogens is 3. The maximum atomic E-state index is 6.35. The molecule has 0 fully saturated rings. The summed E-state index contributed by atoms with van der Waals surface area (Å²) in [5, 5.41) is 8.79. The molecule has 0 saturated carbocycles. The summed E-state index contributed by atoms with van der Waals surface area (Å²) in [6.07, 6.45) is 2.34. The second-order valence-electron chi connectivity index (χ2n) is 5.37. The molecule has 2 atom stereocenters. The van der Waals surface area contributed by atoms with Crippen molar-refractivity contribution < 1.29 is 4.42 Å². The van der Waals surface area contributed by atoms with Gasteiger partial charge in [-0.25, -0.2) is 4.68 Å². The van der Waals surface area contributed by atoms with Gasteiger partial charge in [0.25, 0.3) is 0 Å². The largest absolute Gasteiger partial charge is 0.467 e. The van der Waals surface area contributed by atoms with E-state index in [0.29, 0.717) is 22.4 Å². The van der Waals surface area contributed by atoms with Crippen LogP contribution in [0, 0.1) is 0 Å². The molecule has 1 aliphatic heterocycles. The number of rotatable bonds is 2. The molecule has 3 N–H and O–H groups in total. The predicted octanol–water partition coefficient (Wildman–Crippen LogP) is 3.91. The second kappa shape index (κ2) is 5.47. The lowest BCUT2D eigenvalue weighted by Gasteiger charge is -2.30. The van der Waals surface area contributed by atoms with E-state index in [-0.39, 0.29) is 18.0 Å². The smallest absolute Gasteiger partial charge is 0.241 e. The van der Waals surface area contributed by atoms with E-state index in [1.165, 1.54) is 0 Å². The number of halogens is 2. The lowest BCUT2D eigenvalue weighted by atomic mass is 9.96. The van der Waals surface area contributed by atoms with Crippen LogP contribution in [-0.4, -0.2) is 14.8 Å². The van der Waals surface area contributed by atoms with Gasteiger partial charge in [0.2, 0.25) is 11.9 Å². The average Bonchev–Trinajstić information content (AvgIpc) is 3.14. The fraction of sp³-hybridized carbons (Fsp3) is 0.200. The molecule has 6 nitrogen and oxygen atoms in total. The third-order valence-corrected chi connectivity index (χ3v) is 4.48. The van der Waals surface area contributed by atoms with Crippen LogP contribution >= 0.6 is 23.2 Å². The topological polar surface area (TPSA) is 81.9 Å². The van der Waals surface area contributed by atoms with Gasteiger partial charge < -0.3 is 15.5 Å². The summed E-state index contributed by atoms with van der Waals surface area (Å²) in [4.78, 5) is 4.24. The number of benzene rings is 1. The van der Waals surface area contributed by atoms with E-state index in [1.54, 1.807) is 17.0 Å². The molecule has 118 valence electrons. The van der Waals surface area contributed by atoms with Gasteiger partial charge in [-0.15, -0.1) is 5.10 Å². The van der Waals surface area contributed by atoms with E-state index in [2.05, 4.69) is 15.4 Å². The van der Waals surface area contributed by atoms with Gasteiger partial charge in [-0.3, -0.25) is 0 Å². The highest BCUT2D eigenvalue weighted by molar-refractivity contribution is 6.35. The molecule has 3 aromatic rings. The third kappa shape index (κ3) is 2.54. The van der Waals surface area contributed by atoms with Crippen molar-refractivity contribution in [1.82, 2.24) is 14.8 Å². The fourth-order valence-electron chi connectivity index (χ4n) is 2.90. The van der Waals surface area contributed by atoms with Crippen LogP contribution in [0.1, 0.15) is 29.8 Å². The van der Waals surface area contributed by atoms with E-state index < -0.39 is 0 Å². The quantitative estimate of drug-likeness (QED) is 0.732. The molecule has 2 aromatic heterocycles. The number of furan rings is 1. The van der Waals surface area contributed by atoms with Crippen LogP contribution in [0.15, 0.2) is 41.0 Å². The van der Waals surface area contributed by atoms with Crippen LogP contribution in [0.25, 0.3) is 0 Å². The minimum atomic E-state index is -0.109.